The number of thioether (sulfide) groups is 1. The second-order valence-corrected chi connectivity index (χ2v) is 5.03. The third-order valence-electron chi connectivity index (χ3n) is 2.57. The number of hydrogen-bond acceptors (Lipinski definition) is 3. The Bertz CT molecular complexity index is 555. The predicted molar refractivity (Wildman–Crippen MR) is 77.0 cm³/mol. The van der Waals surface area contributed by atoms with Gasteiger partial charge in [-0.1, -0.05) is 24.3 Å². The molecule has 0 saturated carbocycles. The quantitative estimate of drug-likeness (QED) is 0.848. The average Bonchev–Trinajstić information content (AvgIpc) is 2.41. The minimum absolute atomic E-state index is 0.723. The van der Waals surface area contributed by atoms with Crippen LogP contribution in [0.1, 0.15) is 16.7 Å². The molecule has 90 valence electrons. The molecule has 0 atom stereocenters. The molecule has 0 radical (unpaired) electrons. The van der Waals surface area contributed by atoms with Crippen molar-refractivity contribution in [1.82, 2.24) is 0 Å². The van der Waals surface area contributed by atoms with Crippen molar-refractivity contribution in [3.63, 3.8) is 0 Å². The Labute approximate surface area is 111 Å². The molecule has 0 unspecified atom stereocenters. The molecular weight excluding hydrogens is 240 g/mol. The summed E-state index contributed by atoms with van der Waals surface area (Å²) in [6, 6.07) is 17.9. The van der Waals surface area contributed by atoms with Crippen LogP contribution in [0.5, 0.6) is 0 Å². The molecule has 0 amide bonds. The summed E-state index contributed by atoms with van der Waals surface area (Å²) in [4.78, 5) is 0. The Morgan fingerprint density at radius 2 is 1.72 bits per heavy atom. The maximum atomic E-state index is 8.82. The Morgan fingerprint density at radius 1 is 1.00 bits per heavy atom. The maximum absolute atomic E-state index is 8.82. The Kier molecular flexibility index (Phi) is 4.27. The third kappa shape index (κ3) is 3.54. The van der Waals surface area contributed by atoms with E-state index in [1.165, 1.54) is 11.1 Å². The third-order valence-corrected chi connectivity index (χ3v) is 3.65. The Balaban J connectivity index is 1.88. The van der Waals surface area contributed by atoms with Gasteiger partial charge in [0.25, 0.3) is 0 Å². The van der Waals surface area contributed by atoms with Gasteiger partial charge in [-0.05, 0) is 35.4 Å². The molecule has 0 aliphatic rings. The van der Waals surface area contributed by atoms with Crippen molar-refractivity contribution in [3.8, 4) is 6.07 Å². The number of anilines is 1. The first-order chi connectivity index (χ1) is 8.78. The molecule has 2 nitrogen and oxygen atoms in total. The second kappa shape index (κ2) is 6.13. The fourth-order valence-electron chi connectivity index (χ4n) is 1.63. The molecule has 2 N–H and O–H groups in total. The molecule has 0 aromatic heterocycles. The lowest BCUT2D eigenvalue weighted by Gasteiger charge is -2.03. The van der Waals surface area contributed by atoms with Crippen molar-refractivity contribution in [2.45, 2.75) is 11.5 Å². The van der Waals surface area contributed by atoms with Crippen LogP contribution in [0.3, 0.4) is 0 Å². The molecule has 2 aromatic carbocycles. The summed E-state index contributed by atoms with van der Waals surface area (Å²) >= 11 is 1.83. The topological polar surface area (TPSA) is 49.8 Å². The van der Waals surface area contributed by atoms with Gasteiger partial charge in [-0.25, -0.2) is 0 Å². The number of nitrogens with zero attached hydrogens (tertiary/aromatic N) is 1. The fourth-order valence-corrected chi connectivity index (χ4v) is 2.58. The SMILES string of the molecule is N#Cc1cccc(CSCc2ccc(N)cc2)c1. The normalized spacial score (nSPS) is 9.94. The number of hydrogen-bond donors (Lipinski definition) is 1. The molecule has 0 heterocycles. The lowest BCUT2D eigenvalue weighted by Crippen LogP contribution is -1.87. The molecule has 18 heavy (non-hydrogen) atoms. The highest BCUT2D eigenvalue weighted by Gasteiger charge is 1.97. The summed E-state index contributed by atoms with van der Waals surface area (Å²) in [7, 11) is 0. The largest absolute Gasteiger partial charge is 0.399 e. The van der Waals surface area contributed by atoms with Gasteiger partial charge in [0.15, 0.2) is 0 Å². The van der Waals surface area contributed by atoms with E-state index in [1.807, 2.05) is 54.2 Å². The zero-order valence-electron chi connectivity index (χ0n) is 9.97. The van der Waals surface area contributed by atoms with Crippen LogP contribution < -0.4 is 5.73 Å². The fraction of sp³-hybridized carbons (Fsp3) is 0.133. The van der Waals surface area contributed by atoms with Crippen molar-refractivity contribution < 1.29 is 0 Å². The van der Waals surface area contributed by atoms with Gasteiger partial charge in [-0.3, -0.25) is 0 Å². The molecule has 2 rings (SSSR count). The van der Waals surface area contributed by atoms with Crippen molar-refractivity contribution in [1.29, 1.82) is 5.26 Å². The highest BCUT2D eigenvalue weighted by molar-refractivity contribution is 7.97. The van der Waals surface area contributed by atoms with E-state index in [4.69, 9.17) is 11.0 Å². The van der Waals surface area contributed by atoms with Gasteiger partial charge in [0.1, 0.15) is 0 Å². The highest BCUT2D eigenvalue weighted by Crippen LogP contribution is 2.19. The van der Waals surface area contributed by atoms with Crippen LogP contribution in [0, 0.1) is 11.3 Å². The van der Waals surface area contributed by atoms with Gasteiger partial charge < -0.3 is 5.73 Å². The van der Waals surface area contributed by atoms with Crippen LogP contribution >= 0.6 is 11.8 Å². The highest BCUT2D eigenvalue weighted by atomic mass is 32.2. The number of benzene rings is 2. The van der Waals surface area contributed by atoms with E-state index in [-0.39, 0.29) is 0 Å². The molecule has 0 saturated heterocycles. The first kappa shape index (κ1) is 12.5. The molecule has 0 aliphatic carbocycles. The van der Waals surface area contributed by atoms with Crippen LogP contribution in [0.15, 0.2) is 48.5 Å². The van der Waals surface area contributed by atoms with Gasteiger partial charge >= 0.3 is 0 Å². The molecule has 3 heteroatoms. The summed E-state index contributed by atoms with van der Waals surface area (Å²) in [6.45, 7) is 0. The summed E-state index contributed by atoms with van der Waals surface area (Å²) in [5, 5.41) is 8.82. The van der Waals surface area contributed by atoms with Crippen molar-refractivity contribution >= 4 is 17.4 Å². The number of nitrogen functional groups attached to an aromatic ring is 1. The summed E-state index contributed by atoms with van der Waals surface area (Å²) < 4.78 is 0. The van der Waals surface area contributed by atoms with Crippen LogP contribution in [0.4, 0.5) is 5.69 Å². The molecule has 0 bridgehead atoms. The summed E-state index contributed by atoms with van der Waals surface area (Å²) in [6.07, 6.45) is 0. The van der Waals surface area contributed by atoms with E-state index < -0.39 is 0 Å². The van der Waals surface area contributed by atoms with E-state index in [2.05, 4.69) is 12.1 Å². The standard InChI is InChI=1S/C15H14N2S/c16-9-13-2-1-3-14(8-13)11-18-10-12-4-6-15(17)7-5-12/h1-8H,10-11,17H2. The Hall–Kier alpha value is -1.92. The van der Waals surface area contributed by atoms with Gasteiger partial charge in [-0.2, -0.15) is 17.0 Å². The molecule has 2 aromatic rings. The number of nitrogens with two attached hydrogens (primary N) is 1. The van der Waals surface area contributed by atoms with E-state index in [0.717, 1.165) is 22.8 Å². The average molecular weight is 254 g/mol. The minimum atomic E-state index is 0.723. The van der Waals surface area contributed by atoms with E-state index in [1.54, 1.807) is 0 Å². The molecular formula is C15H14N2S. The van der Waals surface area contributed by atoms with Crippen molar-refractivity contribution in [2.75, 3.05) is 5.73 Å². The van der Waals surface area contributed by atoms with Gasteiger partial charge in [0.2, 0.25) is 0 Å². The van der Waals surface area contributed by atoms with Crippen LogP contribution in [-0.2, 0) is 11.5 Å². The van der Waals surface area contributed by atoms with E-state index in [9.17, 15) is 0 Å². The molecule has 0 spiro atoms. The minimum Gasteiger partial charge on any atom is -0.399 e. The monoisotopic (exact) mass is 254 g/mol. The smallest absolute Gasteiger partial charge is 0.0991 e. The number of rotatable bonds is 4. The van der Waals surface area contributed by atoms with Gasteiger partial charge in [0, 0.05) is 17.2 Å². The van der Waals surface area contributed by atoms with Crippen molar-refractivity contribution in [3.05, 3.63) is 65.2 Å². The first-order valence-electron chi connectivity index (χ1n) is 5.69. The van der Waals surface area contributed by atoms with Crippen LogP contribution in [0.2, 0.25) is 0 Å². The lowest BCUT2D eigenvalue weighted by atomic mass is 10.2. The number of nitriles is 1. The van der Waals surface area contributed by atoms with Crippen LogP contribution in [0.25, 0.3) is 0 Å². The summed E-state index contributed by atoms with van der Waals surface area (Å²) in [5.74, 6) is 1.87. The second-order valence-electron chi connectivity index (χ2n) is 4.05. The zero-order valence-corrected chi connectivity index (χ0v) is 10.8. The van der Waals surface area contributed by atoms with Gasteiger partial charge in [0.05, 0.1) is 11.6 Å². The molecule has 0 aliphatic heterocycles. The van der Waals surface area contributed by atoms with Crippen molar-refractivity contribution in [2.24, 2.45) is 0 Å². The van der Waals surface area contributed by atoms with Crippen LogP contribution in [-0.4, -0.2) is 0 Å². The lowest BCUT2D eigenvalue weighted by molar-refractivity contribution is 1.35. The molecule has 0 fully saturated rings. The first-order valence-corrected chi connectivity index (χ1v) is 6.84. The Morgan fingerprint density at radius 3 is 2.44 bits per heavy atom. The van der Waals surface area contributed by atoms with E-state index in [0.29, 0.717) is 0 Å². The van der Waals surface area contributed by atoms with Gasteiger partial charge in [-0.15, -0.1) is 0 Å². The van der Waals surface area contributed by atoms with E-state index >= 15 is 0 Å². The summed E-state index contributed by atoms with van der Waals surface area (Å²) in [5.41, 5.74) is 9.62. The predicted octanol–water partition coefficient (Wildman–Crippen LogP) is 3.57. The maximum Gasteiger partial charge on any atom is 0.0991 e. The zero-order chi connectivity index (χ0) is 12.8.